The molecular weight excluding hydrogens is 464 g/mol. The lowest BCUT2D eigenvalue weighted by Gasteiger charge is -2.68. The molecule has 186 valence electrons. The molecule has 4 saturated carbocycles. The molecule has 3 N–H and O–H groups in total. The Bertz CT molecular complexity index is 946. The van der Waals surface area contributed by atoms with Crippen molar-refractivity contribution in [2.45, 2.75) is 56.0 Å². The van der Waals surface area contributed by atoms with Gasteiger partial charge in [-0.1, -0.05) is 23.7 Å². The van der Waals surface area contributed by atoms with Crippen LogP contribution in [0.4, 0.5) is 0 Å². The summed E-state index contributed by atoms with van der Waals surface area (Å²) >= 11 is 6.92. The van der Waals surface area contributed by atoms with Gasteiger partial charge in [0.15, 0.2) is 5.60 Å². The molecule has 2 unspecified atom stereocenters. The van der Waals surface area contributed by atoms with E-state index >= 15 is 0 Å². The Morgan fingerprint density at radius 2 is 1.88 bits per heavy atom. The van der Waals surface area contributed by atoms with E-state index in [9.17, 15) is 9.90 Å². The Morgan fingerprint density at radius 3 is 2.41 bits per heavy atom. The van der Waals surface area contributed by atoms with Crippen LogP contribution in [0.15, 0.2) is 18.2 Å². The second kappa shape index (κ2) is 9.08. The van der Waals surface area contributed by atoms with E-state index in [1.165, 1.54) is 12.5 Å². The van der Waals surface area contributed by atoms with E-state index in [1.54, 1.807) is 19.2 Å². The predicted molar refractivity (Wildman–Crippen MR) is 122 cm³/mol. The lowest BCUT2D eigenvalue weighted by atomic mass is 9.47. The maximum atomic E-state index is 11.1. The molecule has 0 aromatic heterocycles. The van der Waals surface area contributed by atoms with Crippen LogP contribution in [-0.2, 0) is 25.1 Å². The predicted octanol–water partition coefficient (Wildman–Crippen LogP) is 3.52. The number of aliphatic hydroxyl groups is 2. The van der Waals surface area contributed by atoms with E-state index in [4.69, 9.17) is 41.1 Å². The smallest absolute Gasteiger partial charge is 0.328 e. The van der Waals surface area contributed by atoms with Gasteiger partial charge < -0.3 is 24.8 Å². The number of halogens is 1. The first-order chi connectivity index (χ1) is 16.3. The average Bonchev–Trinajstić information content (AvgIpc) is 2.79. The van der Waals surface area contributed by atoms with E-state index in [0.29, 0.717) is 23.0 Å². The maximum absolute atomic E-state index is 11.1. The van der Waals surface area contributed by atoms with Crippen molar-refractivity contribution in [3.05, 3.63) is 34.4 Å². The molecule has 1 spiro atoms. The first-order valence-corrected chi connectivity index (χ1v) is 12.3. The highest BCUT2D eigenvalue weighted by molar-refractivity contribution is 6.33. The van der Waals surface area contributed by atoms with Gasteiger partial charge in [0, 0.05) is 30.7 Å². The number of aliphatic carboxylic acids is 1. The third-order valence-corrected chi connectivity index (χ3v) is 8.62. The van der Waals surface area contributed by atoms with Crippen LogP contribution in [0.3, 0.4) is 0 Å². The van der Waals surface area contributed by atoms with Gasteiger partial charge in [-0.15, -0.1) is 0 Å². The summed E-state index contributed by atoms with van der Waals surface area (Å²) in [6.07, 6.45) is 7.31. The zero-order chi connectivity index (χ0) is 24.1. The largest absolute Gasteiger partial charge is 0.491 e. The molecule has 0 amide bonds. The number of carbonyl (C=O) groups is 1. The molecule has 8 nitrogen and oxygen atoms in total. The van der Waals surface area contributed by atoms with Crippen LogP contribution in [0.2, 0.25) is 5.02 Å². The van der Waals surface area contributed by atoms with Gasteiger partial charge >= 0.3 is 5.97 Å². The molecule has 34 heavy (non-hydrogen) atoms. The fourth-order valence-electron chi connectivity index (χ4n) is 6.98. The van der Waals surface area contributed by atoms with Gasteiger partial charge in [-0.25, -0.2) is 9.68 Å². The van der Waals surface area contributed by atoms with E-state index in [2.05, 4.69) is 0 Å². The van der Waals surface area contributed by atoms with Gasteiger partial charge in [0.05, 0.1) is 24.3 Å². The summed E-state index contributed by atoms with van der Waals surface area (Å²) in [4.78, 5) is 22.9. The van der Waals surface area contributed by atoms with Crippen LogP contribution in [0, 0.1) is 23.7 Å². The molecule has 1 aromatic carbocycles. The molecule has 1 saturated heterocycles. The number of hydrogen-bond acceptors (Lipinski definition) is 7. The molecule has 6 rings (SSSR count). The first-order valence-electron chi connectivity index (χ1n) is 11.9. The molecular formula is C25H31ClO8. The van der Waals surface area contributed by atoms with Gasteiger partial charge in [0.2, 0.25) is 0 Å². The monoisotopic (exact) mass is 494 g/mol. The number of methoxy groups -OCH3 is 1. The summed E-state index contributed by atoms with van der Waals surface area (Å²) < 4.78 is 12.0. The first kappa shape index (κ1) is 24.0. The minimum atomic E-state index is -1.19. The quantitative estimate of drug-likeness (QED) is 0.353. The van der Waals surface area contributed by atoms with E-state index in [1.807, 2.05) is 0 Å². The molecule has 1 heterocycles. The average molecular weight is 495 g/mol. The summed E-state index contributed by atoms with van der Waals surface area (Å²) in [5.41, 5.74) is 0.433. The zero-order valence-corrected chi connectivity index (χ0v) is 19.9. The molecule has 5 fully saturated rings. The van der Waals surface area contributed by atoms with Crippen LogP contribution in [-0.4, -0.2) is 53.3 Å². The topological polar surface area (TPSA) is 115 Å². The van der Waals surface area contributed by atoms with Gasteiger partial charge in [-0.2, -0.15) is 4.89 Å². The maximum Gasteiger partial charge on any atom is 0.328 e. The van der Waals surface area contributed by atoms with Crippen molar-refractivity contribution >= 4 is 23.6 Å². The number of hydrogen-bond donors (Lipinski definition) is 3. The Balaban J connectivity index is 1.53. The second-order valence-corrected chi connectivity index (χ2v) is 10.5. The summed E-state index contributed by atoms with van der Waals surface area (Å²) in [6, 6.07) is 3.52. The Morgan fingerprint density at radius 1 is 1.21 bits per heavy atom. The standard InChI is InChI=1S/C25H31ClO8/c1-31-25(24(33-34-25)17-9-14-8-15(11-17)12-18(24)10-14)20-4-2-16(3-5-21(29)30)23(22(20)26)32-7-6-19(28)13-27/h2-5,14-15,17-19,27-28H,6-13H2,1H3,(H,29,30)/b5-3+. The van der Waals surface area contributed by atoms with Crippen molar-refractivity contribution in [2.75, 3.05) is 20.3 Å². The second-order valence-electron chi connectivity index (χ2n) is 10.1. The fourth-order valence-corrected chi connectivity index (χ4v) is 7.33. The van der Waals surface area contributed by atoms with E-state index in [0.717, 1.165) is 43.6 Å². The number of carboxylic acids is 1. The summed E-state index contributed by atoms with van der Waals surface area (Å²) in [6.45, 7) is -0.302. The number of benzene rings is 1. The molecule has 5 aliphatic rings. The van der Waals surface area contributed by atoms with E-state index in [-0.39, 0.29) is 30.4 Å². The van der Waals surface area contributed by atoms with Crippen LogP contribution in [0.1, 0.15) is 49.7 Å². The lowest BCUT2D eigenvalue weighted by molar-refractivity contribution is -0.645. The number of rotatable bonds is 9. The van der Waals surface area contributed by atoms with Crippen LogP contribution >= 0.6 is 11.6 Å². The molecule has 4 aliphatic carbocycles. The van der Waals surface area contributed by atoms with Gasteiger partial charge in [0.1, 0.15) is 5.75 Å². The highest BCUT2D eigenvalue weighted by atomic mass is 35.5. The van der Waals surface area contributed by atoms with Gasteiger partial charge in [-0.05, 0) is 61.9 Å². The third-order valence-electron chi connectivity index (χ3n) is 8.25. The summed E-state index contributed by atoms with van der Waals surface area (Å²) in [5, 5.41) is 28.1. The minimum Gasteiger partial charge on any atom is -0.491 e. The summed E-state index contributed by atoms with van der Waals surface area (Å²) in [5.74, 6) is 0.0507. The van der Waals surface area contributed by atoms with Crippen LogP contribution in [0.25, 0.3) is 6.08 Å². The number of aliphatic hydroxyl groups excluding tert-OH is 2. The van der Waals surface area contributed by atoms with Crippen molar-refractivity contribution in [3.8, 4) is 5.75 Å². The van der Waals surface area contributed by atoms with E-state index < -0.39 is 23.5 Å². The molecule has 9 heteroatoms. The Labute approximate surface area is 203 Å². The highest BCUT2D eigenvalue weighted by Crippen LogP contribution is 2.70. The molecule has 4 bridgehead atoms. The Hall–Kier alpha value is -1.68. The Kier molecular flexibility index (Phi) is 6.42. The molecule has 1 aromatic rings. The van der Waals surface area contributed by atoms with Gasteiger partial charge in [-0.3, -0.25) is 0 Å². The number of carboxylic acid groups (broad SMARTS) is 1. The van der Waals surface area contributed by atoms with Crippen molar-refractivity contribution in [1.82, 2.24) is 0 Å². The minimum absolute atomic E-state index is 0.0793. The van der Waals surface area contributed by atoms with Crippen molar-refractivity contribution < 1.29 is 39.4 Å². The zero-order valence-electron chi connectivity index (χ0n) is 19.1. The third kappa shape index (κ3) is 3.58. The van der Waals surface area contributed by atoms with Gasteiger partial charge in [0.25, 0.3) is 5.79 Å². The highest BCUT2D eigenvalue weighted by Gasteiger charge is 2.77. The molecule has 0 radical (unpaired) electrons. The molecule has 2 atom stereocenters. The summed E-state index contributed by atoms with van der Waals surface area (Å²) in [7, 11) is 1.60. The van der Waals surface area contributed by atoms with Crippen LogP contribution in [0.5, 0.6) is 5.75 Å². The van der Waals surface area contributed by atoms with Crippen molar-refractivity contribution in [1.29, 1.82) is 0 Å². The number of ether oxygens (including phenoxy) is 2. The normalized spacial score (nSPS) is 36.7. The van der Waals surface area contributed by atoms with Crippen molar-refractivity contribution in [3.63, 3.8) is 0 Å². The molecule has 1 aliphatic heterocycles. The van der Waals surface area contributed by atoms with Crippen LogP contribution < -0.4 is 4.74 Å². The fraction of sp³-hybridized carbons (Fsp3) is 0.640. The lowest BCUT2D eigenvalue weighted by Crippen LogP contribution is -2.76. The van der Waals surface area contributed by atoms with Crippen molar-refractivity contribution in [2.24, 2.45) is 23.7 Å². The SMILES string of the molecule is COC1(c2ccc(/C=C/C(=O)O)c(OCCC(O)CO)c2Cl)OOC12C1CC3CC(C1)CC2C3.